The van der Waals surface area contributed by atoms with E-state index in [1.54, 1.807) is 0 Å². The second kappa shape index (κ2) is 2.44. The standard InChI is InChI=1S/C6H10OS/c1-2-3-4-6-5-8(6)7/h2,6H,1,3-5H2/t6-,8?/m1/s1. The zero-order valence-electron chi connectivity index (χ0n) is 4.80. The fraction of sp³-hybridized carbons (Fsp3) is 0.667. The lowest BCUT2D eigenvalue weighted by atomic mass is 10.2. The molecule has 0 saturated carbocycles. The lowest BCUT2D eigenvalue weighted by Crippen LogP contribution is -1.81. The molecule has 0 radical (unpaired) electrons. The Morgan fingerprint density at radius 3 is 2.88 bits per heavy atom. The molecule has 1 saturated heterocycles. The molecule has 0 aliphatic carbocycles. The van der Waals surface area contributed by atoms with E-state index in [1.807, 2.05) is 6.08 Å². The summed E-state index contributed by atoms with van der Waals surface area (Å²) in [5.41, 5.74) is 0. The first-order chi connectivity index (χ1) is 3.84. The van der Waals surface area contributed by atoms with Crippen molar-refractivity contribution in [1.29, 1.82) is 0 Å². The minimum absolute atomic E-state index is 0.448. The van der Waals surface area contributed by atoms with Crippen LogP contribution in [0.15, 0.2) is 12.7 Å². The van der Waals surface area contributed by atoms with Gasteiger partial charge < -0.3 is 0 Å². The molecule has 1 nitrogen and oxygen atoms in total. The summed E-state index contributed by atoms with van der Waals surface area (Å²) in [6.07, 6.45) is 3.99. The van der Waals surface area contributed by atoms with Crippen LogP contribution in [0.1, 0.15) is 12.8 Å². The van der Waals surface area contributed by atoms with Gasteiger partial charge in [0.2, 0.25) is 0 Å². The summed E-state index contributed by atoms with van der Waals surface area (Å²) in [7, 11) is -0.448. The molecule has 1 aliphatic heterocycles. The van der Waals surface area contributed by atoms with Gasteiger partial charge in [0.15, 0.2) is 0 Å². The van der Waals surface area contributed by atoms with Gasteiger partial charge in [0.25, 0.3) is 0 Å². The molecule has 0 bridgehead atoms. The second-order valence-corrected chi connectivity index (χ2v) is 3.80. The lowest BCUT2D eigenvalue weighted by Gasteiger charge is -1.83. The minimum Gasteiger partial charge on any atom is -0.259 e. The molecule has 2 heteroatoms. The molecule has 0 N–H and O–H groups in total. The highest BCUT2D eigenvalue weighted by Crippen LogP contribution is 2.20. The Morgan fingerprint density at radius 2 is 2.50 bits per heavy atom. The molecule has 2 atom stereocenters. The van der Waals surface area contributed by atoms with Crippen molar-refractivity contribution in [2.75, 3.05) is 5.75 Å². The molecule has 0 aromatic carbocycles. The fourth-order valence-electron chi connectivity index (χ4n) is 0.662. The third-order valence-corrected chi connectivity index (χ3v) is 2.75. The molecule has 1 heterocycles. The molecule has 0 aromatic heterocycles. The molecule has 0 spiro atoms. The number of hydrogen-bond donors (Lipinski definition) is 0. The van der Waals surface area contributed by atoms with E-state index in [1.165, 1.54) is 0 Å². The van der Waals surface area contributed by atoms with Gasteiger partial charge in [-0.15, -0.1) is 6.58 Å². The Balaban J connectivity index is 2.05. The SMILES string of the molecule is C=CCC[C@@H]1CS1=O. The lowest BCUT2D eigenvalue weighted by molar-refractivity contribution is 0.691. The van der Waals surface area contributed by atoms with Crippen molar-refractivity contribution in [1.82, 2.24) is 0 Å². The van der Waals surface area contributed by atoms with Crippen LogP contribution in [0, 0.1) is 0 Å². The van der Waals surface area contributed by atoms with E-state index < -0.39 is 10.8 Å². The van der Waals surface area contributed by atoms with Crippen LogP contribution in [0.3, 0.4) is 0 Å². The minimum atomic E-state index is -0.448. The maximum absolute atomic E-state index is 10.5. The van der Waals surface area contributed by atoms with Crippen LogP contribution in [-0.2, 0) is 10.8 Å². The second-order valence-electron chi connectivity index (χ2n) is 2.04. The molecule has 0 aromatic rings. The number of rotatable bonds is 3. The topological polar surface area (TPSA) is 17.1 Å². The van der Waals surface area contributed by atoms with Gasteiger partial charge in [0, 0.05) is 21.8 Å². The van der Waals surface area contributed by atoms with Crippen LogP contribution in [-0.4, -0.2) is 15.2 Å². The molecule has 0 amide bonds. The van der Waals surface area contributed by atoms with Gasteiger partial charge in [-0.05, 0) is 12.8 Å². The maximum atomic E-state index is 10.5. The quantitative estimate of drug-likeness (QED) is 0.413. The Kier molecular flexibility index (Phi) is 1.84. The average Bonchev–Trinajstić information content (AvgIpc) is 2.42. The van der Waals surface area contributed by atoms with Crippen molar-refractivity contribution in [2.24, 2.45) is 0 Å². The molecule has 1 unspecified atom stereocenters. The first-order valence-electron chi connectivity index (χ1n) is 2.82. The van der Waals surface area contributed by atoms with Crippen molar-refractivity contribution in [3.05, 3.63) is 12.7 Å². The number of hydrogen-bond acceptors (Lipinski definition) is 1. The van der Waals surface area contributed by atoms with Gasteiger partial charge in [-0.25, -0.2) is 0 Å². The third-order valence-electron chi connectivity index (χ3n) is 1.30. The highest BCUT2D eigenvalue weighted by atomic mass is 32.2. The van der Waals surface area contributed by atoms with Crippen LogP contribution in [0.2, 0.25) is 0 Å². The van der Waals surface area contributed by atoms with E-state index in [9.17, 15) is 4.21 Å². The first kappa shape index (κ1) is 6.02. The zero-order chi connectivity index (χ0) is 5.98. The molecule has 8 heavy (non-hydrogen) atoms. The predicted octanol–water partition coefficient (Wildman–Crippen LogP) is 1.08. The summed E-state index contributed by atoms with van der Waals surface area (Å²) < 4.78 is 10.5. The molecule has 46 valence electrons. The molecule has 1 fully saturated rings. The van der Waals surface area contributed by atoms with E-state index >= 15 is 0 Å². The van der Waals surface area contributed by atoms with E-state index in [2.05, 4.69) is 6.58 Å². The molecular weight excluding hydrogens is 120 g/mol. The zero-order valence-corrected chi connectivity index (χ0v) is 5.62. The van der Waals surface area contributed by atoms with Crippen LogP contribution in [0.4, 0.5) is 0 Å². The molecule has 1 aliphatic rings. The van der Waals surface area contributed by atoms with Gasteiger partial charge >= 0.3 is 0 Å². The summed E-state index contributed by atoms with van der Waals surface area (Å²) in [5.74, 6) is 0.938. The van der Waals surface area contributed by atoms with Crippen molar-refractivity contribution in [3.8, 4) is 0 Å². The number of allylic oxidation sites excluding steroid dienone is 1. The van der Waals surface area contributed by atoms with Gasteiger partial charge in [-0.1, -0.05) is 6.08 Å². The largest absolute Gasteiger partial charge is 0.259 e. The summed E-state index contributed by atoms with van der Waals surface area (Å²) in [6.45, 7) is 3.59. The predicted molar refractivity (Wildman–Crippen MR) is 36.2 cm³/mol. The van der Waals surface area contributed by atoms with Gasteiger partial charge in [0.1, 0.15) is 0 Å². The Bertz CT molecular complexity index is 120. The highest BCUT2D eigenvalue weighted by molar-refractivity contribution is 7.92. The molecular formula is C6H10OS. The Morgan fingerprint density at radius 1 is 1.88 bits per heavy atom. The summed E-state index contributed by atoms with van der Waals surface area (Å²) in [4.78, 5) is 0. The first-order valence-corrected chi connectivity index (χ1v) is 4.21. The monoisotopic (exact) mass is 130 g/mol. The summed E-state index contributed by atoms with van der Waals surface area (Å²) in [5, 5.41) is 0.521. The van der Waals surface area contributed by atoms with Crippen LogP contribution >= 0.6 is 0 Å². The van der Waals surface area contributed by atoms with Crippen molar-refractivity contribution in [3.63, 3.8) is 0 Å². The highest BCUT2D eigenvalue weighted by Gasteiger charge is 2.31. The van der Waals surface area contributed by atoms with Crippen LogP contribution < -0.4 is 0 Å². The van der Waals surface area contributed by atoms with Crippen LogP contribution in [0.25, 0.3) is 0 Å². The third kappa shape index (κ3) is 1.44. The Labute approximate surface area is 52.2 Å². The maximum Gasteiger partial charge on any atom is 0.0466 e. The Hall–Kier alpha value is -0.110. The van der Waals surface area contributed by atoms with E-state index in [4.69, 9.17) is 0 Å². The summed E-state index contributed by atoms with van der Waals surface area (Å²) in [6, 6.07) is 0. The average molecular weight is 130 g/mol. The van der Waals surface area contributed by atoms with Crippen molar-refractivity contribution in [2.45, 2.75) is 18.1 Å². The van der Waals surface area contributed by atoms with Gasteiger partial charge in [0.05, 0.1) is 0 Å². The molecule has 1 rings (SSSR count). The van der Waals surface area contributed by atoms with E-state index in [0.717, 1.165) is 18.6 Å². The van der Waals surface area contributed by atoms with Crippen molar-refractivity contribution < 1.29 is 4.21 Å². The fourth-order valence-corrected chi connectivity index (χ4v) is 1.68. The van der Waals surface area contributed by atoms with Gasteiger partial charge in [-0.2, -0.15) is 0 Å². The smallest absolute Gasteiger partial charge is 0.0466 e. The van der Waals surface area contributed by atoms with E-state index in [-0.39, 0.29) is 0 Å². The van der Waals surface area contributed by atoms with Gasteiger partial charge in [-0.3, -0.25) is 4.21 Å². The van der Waals surface area contributed by atoms with Crippen LogP contribution in [0.5, 0.6) is 0 Å². The summed E-state index contributed by atoms with van der Waals surface area (Å²) >= 11 is 0. The van der Waals surface area contributed by atoms with E-state index in [0.29, 0.717) is 5.25 Å². The normalized spacial score (nSPS) is 34.5. The van der Waals surface area contributed by atoms with Crippen molar-refractivity contribution >= 4 is 10.8 Å².